The second-order valence-corrected chi connectivity index (χ2v) is 3.58. The van der Waals surface area contributed by atoms with Crippen LogP contribution in [0.5, 0.6) is 0 Å². The Balaban J connectivity index is 2.89. The monoisotopic (exact) mass is 207 g/mol. The minimum atomic E-state index is 0.101. The minimum absolute atomic E-state index is 0.101. The van der Waals surface area contributed by atoms with Gasteiger partial charge in [-0.05, 0) is 26.0 Å². The molecule has 1 aromatic rings. The first kappa shape index (κ1) is 11.3. The van der Waals surface area contributed by atoms with E-state index in [1.165, 1.54) is 5.12 Å². The Kier molecular flexibility index (Phi) is 3.51. The lowest BCUT2D eigenvalue weighted by molar-refractivity contribution is 0.239. The van der Waals surface area contributed by atoms with Gasteiger partial charge in [0.15, 0.2) is 5.84 Å². The second kappa shape index (κ2) is 4.65. The molecule has 0 aliphatic heterocycles. The Morgan fingerprint density at radius 1 is 1.40 bits per heavy atom. The summed E-state index contributed by atoms with van der Waals surface area (Å²) in [7, 11) is 0. The van der Waals surface area contributed by atoms with Crippen LogP contribution in [0.3, 0.4) is 0 Å². The fourth-order valence-corrected chi connectivity index (χ4v) is 0.996. The van der Waals surface area contributed by atoms with E-state index in [0.717, 1.165) is 5.56 Å². The Bertz CT molecular complexity index is 359. The van der Waals surface area contributed by atoms with Crippen molar-refractivity contribution in [3.8, 4) is 0 Å². The molecule has 1 aromatic carbocycles. The van der Waals surface area contributed by atoms with E-state index in [1.807, 2.05) is 26.0 Å². The van der Waals surface area contributed by atoms with E-state index in [9.17, 15) is 0 Å². The Morgan fingerprint density at radius 2 is 2.07 bits per heavy atom. The lowest BCUT2D eigenvalue weighted by atomic mass is 10.2. The molecule has 5 nitrogen and oxygen atoms in total. The highest BCUT2D eigenvalue weighted by Gasteiger charge is 2.03. The molecule has 5 heteroatoms. The third-order valence-electron chi connectivity index (χ3n) is 1.93. The predicted octanol–water partition coefficient (Wildman–Crippen LogP) is 0.473. The highest BCUT2D eigenvalue weighted by Crippen LogP contribution is 2.06. The standard InChI is InChI=1S/C10H17N5/c1-7(2)15(13)14-10(12)8-4-3-5-9(11)6-8/h3-7H,11,13H2,1-2H3,(H2,12,14). The van der Waals surface area contributed by atoms with Crippen molar-refractivity contribution in [2.45, 2.75) is 19.9 Å². The van der Waals surface area contributed by atoms with E-state index in [4.69, 9.17) is 17.3 Å². The van der Waals surface area contributed by atoms with Crippen molar-refractivity contribution in [2.75, 3.05) is 5.73 Å². The first-order valence-corrected chi connectivity index (χ1v) is 4.74. The smallest absolute Gasteiger partial charge is 0.152 e. The fourth-order valence-electron chi connectivity index (χ4n) is 0.996. The maximum Gasteiger partial charge on any atom is 0.152 e. The number of hydrazine groups is 1. The van der Waals surface area contributed by atoms with Gasteiger partial charge in [-0.1, -0.05) is 12.1 Å². The number of nitrogens with two attached hydrogens (primary N) is 3. The Labute approximate surface area is 89.5 Å². The molecule has 0 saturated heterocycles. The topological polar surface area (TPSA) is 93.7 Å². The zero-order chi connectivity index (χ0) is 11.4. The van der Waals surface area contributed by atoms with Gasteiger partial charge in [-0.15, -0.1) is 5.10 Å². The highest BCUT2D eigenvalue weighted by atomic mass is 15.6. The number of benzene rings is 1. The minimum Gasteiger partial charge on any atom is -0.399 e. The van der Waals surface area contributed by atoms with Gasteiger partial charge in [0, 0.05) is 11.3 Å². The van der Waals surface area contributed by atoms with Crippen molar-refractivity contribution < 1.29 is 0 Å². The van der Waals surface area contributed by atoms with Crippen molar-refractivity contribution in [1.29, 1.82) is 0 Å². The quantitative estimate of drug-likeness (QED) is 0.221. The van der Waals surface area contributed by atoms with Crippen LogP contribution < -0.4 is 17.3 Å². The molecule has 0 atom stereocenters. The molecular formula is C10H17N5. The summed E-state index contributed by atoms with van der Waals surface area (Å²) in [6.45, 7) is 3.85. The van der Waals surface area contributed by atoms with E-state index < -0.39 is 0 Å². The molecule has 0 spiro atoms. The van der Waals surface area contributed by atoms with Crippen LogP contribution >= 0.6 is 0 Å². The van der Waals surface area contributed by atoms with Crippen LogP contribution in [0.25, 0.3) is 0 Å². The van der Waals surface area contributed by atoms with Crippen molar-refractivity contribution in [1.82, 2.24) is 5.12 Å². The zero-order valence-electron chi connectivity index (χ0n) is 9.01. The predicted molar refractivity (Wildman–Crippen MR) is 62.7 cm³/mol. The number of hydrazone groups is 1. The average Bonchev–Trinajstić information content (AvgIpc) is 2.17. The van der Waals surface area contributed by atoms with Gasteiger partial charge in [0.1, 0.15) is 0 Å². The van der Waals surface area contributed by atoms with Crippen molar-refractivity contribution in [3.63, 3.8) is 0 Å². The van der Waals surface area contributed by atoms with Crippen LogP contribution in [0.15, 0.2) is 29.4 Å². The van der Waals surface area contributed by atoms with Crippen LogP contribution in [-0.4, -0.2) is 17.0 Å². The lowest BCUT2D eigenvalue weighted by Gasteiger charge is -2.17. The fraction of sp³-hybridized carbons (Fsp3) is 0.300. The van der Waals surface area contributed by atoms with Crippen LogP contribution in [0.1, 0.15) is 19.4 Å². The molecule has 0 aromatic heterocycles. The summed E-state index contributed by atoms with van der Waals surface area (Å²) in [6.07, 6.45) is 0. The number of nitrogens with zero attached hydrogens (tertiary/aromatic N) is 2. The van der Waals surface area contributed by atoms with Gasteiger partial charge in [-0.2, -0.15) is 0 Å². The van der Waals surface area contributed by atoms with Gasteiger partial charge in [0.2, 0.25) is 0 Å². The van der Waals surface area contributed by atoms with E-state index in [1.54, 1.807) is 12.1 Å². The van der Waals surface area contributed by atoms with Crippen molar-refractivity contribution in [2.24, 2.45) is 16.7 Å². The number of hydrogen-bond acceptors (Lipinski definition) is 4. The van der Waals surface area contributed by atoms with Crippen molar-refractivity contribution >= 4 is 11.5 Å². The van der Waals surface area contributed by atoms with Gasteiger partial charge in [-0.3, -0.25) is 0 Å². The summed E-state index contributed by atoms with van der Waals surface area (Å²) < 4.78 is 0. The molecule has 0 aliphatic carbocycles. The molecule has 82 valence electrons. The maximum absolute atomic E-state index is 5.78. The molecule has 0 aliphatic rings. The number of nitrogen functional groups attached to an aromatic ring is 1. The number of rotatable bonds is 3. The highest BCUT2D eigenvalue weighted by molar-refractivity contribution is 5.97. The van der Waals surface area contributed by atoms with Crippen molar-refractivity contribution in [3.05, 3.63) is 29.8 Å². The number of hydrogen-bond donors (Lipinski definition) is 3. The summed E-state index contributed by atoms with van der Waals surface area (Å²) >= 11 is 0. The van der Waals surface area contributed by atoms with E-state index in [0.29, 0.717) is 11.5 Å². The summed E-state index contributed by atoms with van der Waals surface area (Å²) in [4.78, 5) is 0. The van der Waals surface area contributed by atoms with E-state index >= 15 is 0 Å². The molecule has 0 fully saturated rings. The van der Waals surface area contributed by atoms with Crippen LogP contribution in [0, 0.1) is 0 Å². The first-order chi connectivity index (χ1) is 7.00. The second-order valence-electron chi connectivity index (χ2n) is 3.58. The molecule has 0 bridgehead atoms. The summed E-state index contributed by atoms with van der Waals surface area (Å²) in [5.41, 5.74) is 12.8. The average molecular weight is 207 g/mol. The van der Waals surface area contributed by atoms with Gasteiger partial charge in [0.25, 0.3) is 0 Å². The molecule has 1 rings (SSSR count). The Hall–Kier alpha value is -1.75. The normalized spacial score (nSPS) is 11.9. The molecular weight excluding hydrogens is 190 g/mol. The Morgan fingerprint density at radius 3 is 2.60 bits per heavy atom. The molecule has 0 unspecified atom stereocenters. The van der Waals surface area contributed by atoms with Gasteiger partial charge >= 0.3 is 0 Å². The van der Waals surface area contributed by atoms with Gasteiger partial charge < -0.3 is 11.5 Å². The summed E-state index contributed by atoms with van der Waals surface area (Å²) in [5.74, 6) is 5.99. The zero-order valence-corrected chi connectivity index (χ0v) is 9.01. The van der Waals surface area contributed by atoms with Crippen LogP contribution in [0.4, 0.5) is 5.69 Å². The SMILES string of the molecule is CC(C)N(N)/N=C(\N)c1cccc(N)c1. The van der Waals surface area contributed by atoms with Crippen LogP contribution in [0.2, 0.25) is 0 Å². The van der Waals surface area contributed by atoms with E-state index in [2.05, 4.69) is 5.10 Å². The maximum atomic E-state index is 5.78. The summed E-state index contributed by atoms with van der Waals surface area (Å²) in [5, 5.41) is 5.36. The van der Waals surface area contributed by atoms with Gasteiger partial charge in [-0.25, -0.2) is 11.0 Å². The largest absolute Gasteiger partial charge is 0.399 e. The molecule has 0 amide bonds. The summed E-state index contributed by atoms with van der Waals surface area (Å²) in [6, 6.07) is 7.31. The molecule has 6 N–H and O–H groups in total. The molecule has 0 heterocycles. The first-order valence-electron chi connectivity index (χ1n) is 4.74. The van der Waals surface area contributed by atoms with Gasteiger partial charge in [0.05, 0.1) is 6.04 Å². The third kappa shape index (κ3) is 3.14. The molecule has 0 radical (unpaired) electrons. The molecule has 0 saturated carbocycles. The lowest BCUT2D eigenvalue weighted by Crippen LogP contribution is -2.35. The number of anilines is 1. The van der Waals surface area contributed by atoms with Crippen LogP contribution in [-0.2, 0) is 0 Å². The van der Waals surface area contributed by atoms with E-state index in [-0.39, 0.29) is 6.04 Å². The number of amidine groups is 1. The molecule has 15 heavy (non-hydrogen) atoms. The third-order valence-corrected chi connectivity index (χ3v) is 1.93.